The Morgan fingerprint density at radius 2 is 2.31 bits per heavy atom. The number of aliphatic hydroxyl groups excluding tert-OH is 1. The number of anilines is 1. The number of ether oxygens (including phenoxy) is 1. The van der Waals surface area contributed by atoms with Crippen LogP contribution < -0.4 is 5.32 Å². The lowest BCUT2D eigenvalue weighted by molar-refractivity contribution is 0.0634. The first-order valence-corrected chi connectivity index (χ1v) is 4.91. The van der Waals surface area contributed by atoms with Crippen LogP contribution in [0.5, 0.6) is 0 Å². The van der Waals surface area contributed by atoms with Gasteiger partial charge < -0.3 is 9.84 Å². The van der Waals surface area contributed by atoms with Gasteiger partial charge in [0.25, 0.3) is 5.95 Å². The van der Waals surface area contributed by atoms with Gasteiger partial charge in [-0.05, 0) is 20.8 Å². The molecule has 0 aliphatic carbocycles. The van der Waals surface area contributed by atoms with Crippen LogP contribution in [-0.4, -0.2) is 38.2 Å². The molecular weight excluding hydrogens is 212 g/mol. The van der Waals surface area contributed by atoms with E-state index in [0.29, 0.717) is 6.54 Å². The maximum Gasteiger partial charge on any atom is 0.414 e. The maximum atomic E-state index is 11.3. The van der Waals surface area contributed by atoms with E-state index in [1.807, 2.05) is 0 Å². The molecule has 0 unspecified atom stereocenters. The molecule has 16 heavy (non-hydrogen) atoms. The molecule has 0 saturated carbocycles. The van der Waals surface area contributed by atoms with Crippen LogP contribution in [0.2, 0.25) is 0 Å². The number of carbonyl (C=O) groups is 1. The Kier molecular flexibility index (Phi) is 3.83. The van der Waals surface area contributed by atoms with Gasteiger partial charge in [0.2, 0.25) is 0 Å². The number of nitrogens with one attached hydrogen (secondary N) is 1. The highest BCUT2D eigenvalue weighted by Crippen LogP contribution is 2.08. The quantitative estimate of drug-likeness (QED) is 0.791. The molecule has 1 aromatic rings. The van der Waals surface area contributed by atoms with Gasteiger partial charge in [0.15, 0.2) is 0 Å². The minimum Gasteiger partial charge on any atom is -0.444 e. The smallest absolute Gasteiger partial charge is 0.414 e. The molecule has 7 nitrogen and oxygen atoms in total. The molecule has 0 spiro atoms. The van der Waals surface area contributed by atoms with Gasteiger partial charge in [0.05, 0.1) is 13.2 Å². The van der Waals surface area contributed by atoms with Crippen molar-refractivity contribution in [3.8, 4) is 0 Å². The van der Waals surface area contributed by atoms with Crippen LogP contribution in [0.1, 0.15) is 20.8 Å². The van der Waals surface area contributed by atoms with Crippen LogP contribution >= 0.6 is 0 Å². The van der Waals surface area contributed by atoms with Crippen LogP contribution in [0.3, 0.4) is 0 Å². The van der Waals surface area contributed by atoms with E-state index in [9.17, 15) is 4.79 Å². The van der Waals surface area contributed by atoms with Crippen molar-refractivity contribution < 1.29 is 14.6 Å². The van der Waals surface area contributed by atoms with Gasteiger partial charge in [-0.15, -0.1) is 5.10 Å². The number of rotatable bonds is 3. The van der Waals surface area contributed by atoms with Crippen LogP contribution in [-0.2, 0) is 11.3 Å². The van der Waals surface area contributed by atoms with Gasteiger partial charge >= 0.3 is 6.09 Å². The first-order chi connectivity index (χ1) is 7.40. The van der Waals surface area contributed by atoms with Crippen molar-refractivity contribution in [2.75, 3.05) is 11.9 Å². The molecule has 0 radical (unpaired) electrons. The zero-order valence-corrected chi connectivity index (χ0v) is 9.60. The zero-order chi connectivity index (χ0) is 12.2. The molecule has 0 saturated heterocycles. The van der Waals surface area contributed by atoms with Crippen molar-refractivity contribution in [2.24, 2.45) is 0 Å². The molecule has 7 heteroatoms. The number of hydrogen-bond donors (Lipinski definition) is 2. The van der Waals surface area contributed by atoms with E-state index >= 15 is 0 Å². The summed E-state index contributed by atoms with van der Waals surface area (Å²) in [5.41, 5.74) is -0.558. The SMILES string of the molecule is CC(C)(C)OC(=O)Nc1ncn(CCO)n1. The normalized spacial score (nSPS) is 11.2. The zero-order valence-electron chi connectivity index (χ0n) is 9.60. The molecule has 1 heterocycles. The predicted molar refractivity (Wildman–Crippen MR) is 57.0 cm³/mol. The molecule has 0 aliphatic heterocycles. The van der Waals surface area contributed by atoms with E-state index in [1.54, 1.807) is 20.8 Å². The molecule has 1 rings (SSSR count). The van der Waals surface area contributed by atoms with Crippen LogP contribution in [0.4, 0.5) is 10.7 Å². The number of aliphatic hydroxyl groups is 1. The molecule has 1 amide bonds. The van der Waals surface area contributed by atoms with Gasteiger partial charge in [-0.1, -0.05) is 0 Å². The van der Waals surface area contributed by atoms with Crippen LogP contribution in [0, 0.1) is 0 Å². The van der Waals surface area contributed by atoms with E-state index in [2.05, 4.69) is 15.4 Å². The summed E-state index contributed by atoms with van der Waals surface area (Å²) in [5, 5.41) is 15.0. The Morgan fingerprint density at radius 3 is 2.88 bits per heavy atom. The van der Waals surface area contributed by atoms with Gasteiger partial charge in [-0.25, -0.2) is 14.5 Å². The third-order valence-electron chi connectivity index (χ3n) is 1.48. The Labute approximate surface area is 93.4 Å². The minimum atomic E-state index is -0.603. The Hall–Kier alpha value is -1.63. The fraction of sp³-hybridized carbons (Fsp3) is 0.667. The molecule has 0 atom stereocenters. The van der Waals surface area contributed by atoms with Crippen molar-refractivity contribution in [3.63, 3.8) is 0 Å². The molecule has 90 valence electrons. The summed E-state index contributed by atoms with van der Waals surface area (Å²) in [6, 6.07) is 0. The first-order valence-electron chi connectivity index (χ1n) is 4.91. The highest BCUT2D eigenvalue weighted by Gasteiger charge is 2.17. The van der Waals surface area contributed by atoms with E-state index < -0.39 is 11.7 Å². The minimum absolute atomic E-state index is 0.0325. The monoisotopic (exact) mass is 228 g/mol. The fourth-order valence-corrected chi connectivity index (χ4v) is 0.957. The Morgan fingerprint density at radius 1 is 1.62 bits per heavy atom. The lowest BCUT2D eigenvalue weighted by Gasteiger charge is -2.18. The standard InChI is InChI=1S/C9H16N4O3/c1-9(2,3)16-8(15)11-7-10-6-13(12-7)4-5-14/h6,14H,4-5H2,1-3H3,(H,11,12,15). The summed E-state index contributed by atoms with van der Waals surface area (Å²) in [6.45, 7) is 5.61. The highest BCUT2D eigenvalue weighted by molar-refractivity contribution is 5.82. The summed E-state index contributed by atoms with van der Waals surface area (Å²) in [6.07, 6.45) is 0.817. The van der Waals surface area contributed by atoms with Gasteiger partial charge in [0, 0.05) is 0 Å². The lowest BCUT2D eigenvalue weighted by Crippen LogP contribution is -2.27. The van der Waals surface area contributed by atoms with Crippen molar-refractivity contribution in [3.05, 3.63) is 6.33 Å². The third kappa shape index (κ3) is 4.26. The summed E-state index contributed by atoms with van der Waals surface area (Å²) < 4.78 is 6.45. The van der Waals surface area contributed by atoms with Crippen molar-refractivity contribution in [1.82, 2.24) is 14.8 Å². The van der Waals surface area contributed by atoms with Crippen molar-refractivity contribution in [1.29, 1.82) is 0 Å². The third-order valence-corrected chi connectivity index (χ3v) is 1.48. The molecular formula is C9H16N4O3. The molecule has 2 N–H and O–H groups in total. The second kappa shape index (κ2) is 4.93. The number of nitrogens with zero attached hydrogens (tertiary/aromatic N) is 3. The largest absolute Gasteiger partial charge is 0.444 e. The van der Waals surface area contributed by atoms with Crippen LogP contribution in [0.25, 0.3) is 0 Å². The average molecular weight is 228 g/mol. The van der Waals surface area contributed by atoms with E-state index in [0.717, 1.165) is 0 Å². The van der Waals surface area contributed by atoms with E-state index in [-0.39, 0.29) is 12.6 Å². The Bertz CT molecular complexity index is 356. The second-order valence-corrected chi connectivity index (χ2v) is 4.18. The van der Waals surface area contributed by atoms with Gasteiger partial charge in [-0.2, -0.15) is 0 Å². The topological polar surface area (TPSA) is 89.3 Å². The maximum absolute atomic E-state index is 11.3. The summed E-state index contributed by atoms with van der Waals surface area (Å²) >= 11 is 0. The molecule has 0 aliphatic rings. The van der Waals surface area contributed by atoms with Gasteiger partial charge in [0.1, 0.15) is 11.9 Å². The molecule has 0 fully saturated rings. The second-order valence-electron chi connectivity index (χ2n) is 4.18. The Balaban J connectivity index is 2.50. The average Bonchev–Trinajstić information content (AvgIpc) is 2.49. The van der Waals surface area contributed by atoms with E-state index in [1.165, 1.54) is 11.0 Å². The number of hydrogen-bond acceptors (Lipinski definition) is 5. The highest BCUT2D eigenvalue weighted by atomic mass is 16.6. The first kappa shape index (κ1) is 12.4. The fourth-order valence-electron chi connectivity index (χ4n) is 0.957. The van der Waals surface area contributed by atoms with Crippen molar-refractivity contribution >= 4 is 12.0 Å². The summed E-state index contributed by atoms with van der Waals surface area (Å²) in [4.78, 5) is 15.2. The summed E-state index contributed by atoms with van der Waals surface area (Å²) in [7, 11) is 0. The van der Waals surface area contributed by atoms with Crippen molar-refractivity contribution in [2.45, 2.75) is 32.9 Å². The molecule has 0 aromatic carbocycles. The molecule has 0 bridgehead atoms. The summed E-state index contributed by atoms with van der Waals surface area (Å²) in [5.74, 6) is 0.155. The molecule has 1 aromatic heterocycles. The number of carbonyl (C=O) groups excluding carboxylic acids is 1. The van der Waals surface area contributed by atoms with E-state index in [4.69, 9.17) is 9.84 Å². The van der Waals surface area contributed by atoms with Gasteiger partial charge in [-0.3, -0.25) is 5.32 Å². The van der Waals surface area contributed by atoms with Crippen LogP contribution in [0.15, 0.2) is 6.33 Å². The predicted octanol–water partition coefficient (Wildman–Crippen LogP) is 0.617. The number of aromatic nitrogens is 3. The lowest BCUT2D eigenvalue weighted by atomic mass is 10.2. The number of amides is 1.